The molecule has 0 unspecified atom stereocenters. The van der Waals surface area contributed by atoms with Crippen molar-refractivity contribution in [1.29, 1.82) is 0 Å². The van der Waals surface area contributed by atoms with Gasteiger partial charge in [-0.3, -0.25) is 0 Å². The lowest BCUT2D eigenvalue weighted by Gasteiger charge is -2.19. The van der Waals surface area contributed by atoms with E-state index in [1.165, 1.54) is 47.9 Å². The first-order valence-corrected chi connectivity index (χ1v) is 5.97. The smallest absolute Gasteiger partial charge is 0.0376 e. The van der Waals surface area contributed by atoms with E-state index in [4.69, 9.17) is 5.73 Å². The van der Waals surface area contributed by atoms with Crippen LogP contribution in [0.1, 0.15) is 53.9 Å². The number of hydrogen-bond donors (Lipinski definition) is 1. The van der Waals surface area contributed by atoms with Crippen LogP contribution in [0.5, 0.6) is 0 Å². The van der Waals surface area contributed by atoms with Crippen LogP contribution < -0.4 is 5.73 Å². The third-order valence-corrected chi connectivity index (χ3v) is 3.85. The van der Waals surface area contributed by atoms with Gasteiger partial charge in [-0.15, -0.1) is 0 Å². The van der Waals surface area contributed by atoms with Gasteiger partial charge in [-0.05, 0) is 61.8 Å². The summed E-state index contributed by atoms with van der Waals surface area (Å²) in [5, 5.41) is 0. The third kappa shape index (κ3) is 1.75. The average molecular weight is 203 g/mol. The molecule has 0 radical (unpaired) electrons. The molecule has 1 nitrogen and oxygen atoms in total. The van der Waals surface area contributed by atoms with E-state index in [9.17, 15) is 0 Å². The molecule has 0 bridgehead atoms. The van der Waals surface area contributed by atoms with Gasteiger partial charge in [0, 0.05) is 5.69 Å². The Bertz CT molecular complexity index is 373. The monoisotopic (exact) mass is 203 g/mol. The van der Waals surface area contributed by atoms with Crippen molar-refractivity contribution in [2.45, 2.75) is 52.4 Å². The lowest BCUT2D eigenvalue weighted by atomic mass is 9.87. The molecule has 1 aliphatic rings. The van der Waals surface area contributed by atoms with Gasteiger partial charge >= 0.3 is 0 Å². The SMILES string of the molecule is Cc1cc(C)c(C2CCCC2)c(C)c1N. The van der Waals surface area contributed by atoms with Gasteiger partial charge < -0.3 is 5.73 Å². The van der Waals surface area contributed by atoms with E-state index in [0.717, 1.165) is 11.6 Å². The van der Waals surface area contributed by atoms with Gasteiger partial charge in [0.25, 0.3) is 0 Å². The Kier molecular flexibility index (Phi) is 2.72. The van der Waals surface area contributed by atoms with Crippen molar-refractivity contribution in [2.24, 2.45) is 0 Å². The highest BCUT2D eigenvalue weighted by Gasteiger charge is 2.21. The zero-order valence-electron chi connectivity index (χ0n) is 10.1. The molecular weight excluding hydrogens is 182 g/mol. The maximum Gasteiger partial charge on any atom is 0.0376 e. The first-order valence-electron chi connectivity index (χ1n) is 5.97. The van der Waals surface area contributed by atoms with E-state index in [1.807, 2.05) is 0 Å². The molecule has 15 heavy (non-hydrogen) atoms. The van der Waals surface area contributed by atoms with Crippen molar-refractivity contribution >= 4 is 5.69 Å². The normalized spacial score (nSPS) is 17.3. The first-order chi connectivity index (χ1) is 7.11. The fourth-order valence-electron chi connectivity index (χ4n) is 3.06. The second kappa shape index (κ2) is 3.88. The van der Waals surface area contributed by atoms with E-state index in [-0.39, 0.29) is 0 Å². The van der Waals surface area contributed by atoms with Crippen molar-refractivity contribution in [3.05, 3.63) is 28.3 Å². The molecule has 0 heterocycles. The van der Waals surface area contributed by atoms with Crippen molar-refractivity contribution < 1.29 is 0 Å². The number of rotatable bonds is 1. The van der Waals surface area contributed by atoms with Gasteiger partial charge in [0.1, 0.15) is 0 Å². The fourth-order valence-corrected chi connectivity index (χ4v) is 3.06. The van der Waals surface area contributed by atoms with Crippen LogP contribution in [0.2, 0.25) is 0 Å². The van der Waals surface area contributed by atoms with Gasteiger partial charge in [-0.1, -0.05) is 18.9 Å². The summed E-state index contributed by atoms with van der Waals surface area (Å²) in [6.07, 6.45) is 5.48. The van der Waals surface area contributed by atoms with Crippen LogP contribution in [0.3, 0.4) is 0 Å². The van der Waals surface area contributed by atoms with Crippen LogP contribution in [-0.2, 0) is 0 Å². The maximum absolute atomic E-state index is 6.12. The Morgan fingerprint density at radius 3 is 2.27 bits per heavy atom. The van der Waals surface area contributed by atoms with Gasteiger partial charge in [0.05, 0.1) is 0 Å². The summed E-state index contributed by atoms with van der Waals surface area (Å²) in [5.41, 5.74) is 12.7. The van der Waals surface area contributed by atoms with E-state index in [0.29, 0.717) is 0 Å². The molecule has 82 valence electrons. The van der Waals surface area contributed by atoms with Crippen LogP contribution in [-0.4, -0.2) is 0 Å². The van der Waals surface area contributed by atoms with Gasteiger partial charge in [0.2, 0.25) is 0 Å². The second-order valence-corrected chi connectivity index (χ2v) is 4.94. The van der Waals surface area contributed by atoms with Crippen LogP contribution in [0.4, 0.5) is 5.69 Å². The molecule has 1 aromatic carbocycles. The van der Waals surface area contributed by atoms with Crippen LogP contribution in [0.15, 0.2) is 6.07 Å². The van der Waals surface area contributed by atoms with E-state index < -0.39 is 0 Å². The molecule has 0 spiro atoms. The summed E-state index contributed by atoms with van der Waals surface area (Å²) < 4.78 is 0. The highest BCUT2D eigenvalue weighted by molar-refractivity contribution is 5.59. The van der Waals surface area contributed by atoms with Crippen LogP contribution >= 0.6 is 0 Å². The predicted molar refractivity (Wildman–Crippen MR) is 66.3 cm³/mol. The van der Waals surface area contributed by atoms with E-state index >= 15 is 0 Å². The molecule has 1 aromatic rings. The number of nitrogens with two attached hydrogens (primary N) is 1. The third-order valence-electron chi connectivity index (χ3n) is 3.85. The zero-order chi connectivity index (χ0) is 11.0. The molecule has 0 saturated heterocycles. The Morgan fingerprint density at radius 1 is 1.07 bits per heavy atom. The summed E-state index contributed by atoms with van der Waals surface area (Å²) in [7, 11) is 0. The largest absolute Gasteiger partial charge is 0.398 e. The topological polar surface area (TPSA) is 26.0 Å². The molecule has 1 saturated carbocycles. The van der Waals surface area contributed by atoms with E-state index in [2.05, 4.69) is 26.8 Å². The zero-order valence-corrected chi connectivity index (χ0v) is 10.1. The molecule has 0 amide bonds. The van der Waals surface area contributed by atoms with E-state index in [1.54, 1.807) is 0 Å². The van der Waals surface area contributed by atoms with Crippen LogP contribution in [0, 0.1) is 20.8 Å². The number of hydrogen-bond acceptors (Lipinski definition) is 1. The van der Waals surface area contributed by atoms with Crippen molar-refractivity contribution in [1.82, 2.24) is 0 Å². The molecule has 2 N–H and O–H groups in total. The first kappa shape index (κ1) is 10.5. The summed E-state index contributed by atoms with van der Waals surface area (Å²) >= 11 is 0. The Balaban J connectivity index is 2.50. The van der Waals surface area contributed by atoms with Crippen molar-refractivity contribution in [3.8, 4) is 0 Å². The quantitative estimate of drug-likeness (QED) is 0.689. The minimum absolute atomic E-state index is 0.771. The Hall–Kier alpha value is -0.980. The molecule has 0 aliphatic heterocycles. The Labute approximate surface area is 92.7 Å². The molecule has 0 atom stereocenters. The van der Waals surface area contributed by atoms with Crippen molar-refractivity contribution in [2.75, 3.05) is 5.73 Å². The molecule has 0 aromatic heterocycles. The maximum atomic E-state index is 6.12. The van der Waals surface area contributed by atoms with Gasteiger partial charge in [-0.2, -0.15) is 0 Å². The van der Waals surface area contributed by atoms with Gasteiger partial charge in [-0.25, -0.2) is 0 Å². The molecule has 1 aliphatic carbocycles. The molecule has 1 fully saturated rings. The highest BCUT2D eigenvalue weighted by atomic mass is 14.6. The minimum atomic E-state index is 0.771. The van der Waals surface area contributed by atoms with Gasteiger partial charge in [0.15, 0.2) is 0 Å². The standard InChI is InChI=1S/C14H21N/c1-9-8-10(2)14(15)11(3)13(9)12-6-4-5-7-12/h8,12H,4-7,15H2,1-3H3. The Morgan fingerprint density at radius 2 is 1.67 bits per heavy atom. The highest BCUT2D eigenvalue weighted by Crippen LogP contribution is 2.39. The van der Waals surface area contributed by atoms with Crippen molar-refractivity contribution in [3.63, 3.8) is 0 Å². The number of nitrogen functional groups attached to an aromatic ring is 1. The van der Waals surface area contributed by atoms with Crippen LogP contribution in [0.25, 0.3) is 0 Å². The minimum Gasteiger partial charge on any atom is -0.398 e. The average Bonchev–Trinajstić information content (AvgIpc) is 2.68. The fraction of sp³-hybridized carbons (Fsp3) is 0.571. The summed E-state index contributed by atoms with van der Waals surface area (Å²) in [6, 6.07) is 2.25. The number of anilines is 1. The molecule has 2 rings (SSSR count). The number of aryl methyl sites for hydroxylation is 2. The lowest BCUT2D eigenvalue weighted by molar-refractivity contribution is 0.712. The molecular formula is C14H21N. The summed E-state index contributed by atoms with van der Waals surface area (Å²) in [6.45, 7) is 6.52. The lowest BCUT2D eigenvalue weighted by Crippen LogP contribution is -2.04. The summed E-state index contributed by atoms with van der Waals surface area (Å²) in [4.78, 5) is 0. The number of benzene rings is 1. The summed E-state index contributed by atoms with van der Waals surface area (Å²) in [5.74, 6) is 0.771. The second-order valence-electron chi connectivity index (χ2n) is 4.94. The predicted octanol–water partition coefficient (Wildman–Crippen LogP) is 3.85. The molecule has 1 heteroatoms.